The highest BCUT2D eigenvalue weighted by Gasteiger charge is 2.11. The second-order valence-corrected chi connectivity index (χ2v) is 6.11. The van der Waals surface area contributed by atoms with Gasteiger partial charge < -0.3 is 8.83 Å². The van der Waals surface area contributed by atoms with E-state index in [1.165, 1.54) is 23.9 Å². The molecule has 7 heteroatoms. The summed E-state index contributed by atoms with van der Waals surface area (Å²) in [5.41, 5.74) is 2.38. The quantitative estimate of drug-likeness (QED) is 0.479. The molecule has 2 heterocycles. The molecule has 4 aromatic rings. The maximum absolute atomic E-state index is 13.0. The predicted octanol–water partition coefficient (Wildman–Crippen LogP) is 4.82. The Morgan fingerprint density at radius 1 is 0.880 bits per heavy atom. The highest BCUT2D eigenvalue weighted by Crippen LogP contribution is 2.27. The van der Waals surface area contributed by atoms with E-state index in [4.69, 9.17) is 8.83 Å². The molecular weight excluding hydrogens is 341 g/mol. The van der Waals surface area contributed by atoms with Crippen LogP contribution < -0.4 is 0 Å². The van der Waals surface area contributed by atoms with Crippen LogP contribution in [0.2, 0.25) is 0 Å². The van der Waals surface area contributed by atoms with Crippen LogP contribution in [0.3, 0.4) is 0 Å². The molecule has 4 rings (SSSR count). The average molecular weight is 353 g/mol. The van der Waals surface area contributed by atoms with Gasteiger partial charge in [0.2, 0.25) is 11.8 Å². The minimum Gasteiger partial charge on any atom is -0.444 e. The number of halogens is 1. The molecule has 0 fully saturated rings. The van der Waals surface area contributed by atoms with E-state index in [0.29, 0.717) is 28.3 Å². The van der Waals surface area contributed by atoms with Crippen LogP contribution in [-0.4, -0.2) is 15.2 Å². The van der Waals surface area contributed by atoms with Gasteiger partial charge in [-0.2, -0.15) is 0 Å². The molecule has 0 saturated carbocycles. The van der Waals surface area contributed by atoms with Crippen molar-refractivity contribution in [2.45, 2.75) is 11.0 Å². The maximum Gasteiger partial charge on any atom is 0.277 e. The van der Waals surface area contributed by atoms with E-state index < -0.39 is 0 Å². The van der Waals surface area contributed by atoms with E-state index in [9.17, 15) is 4.39 Å². The van der Waals surface area contributed by atoms with E-state index in [-0.39, 0.29) is 5.82 Å². The Kier molecular flexibility index (Phi) is 4.30. The highest BCUT2D eigenvalue weighted by atomic mass is 32.2. The Bertz CT molecular complexity index is 967. The fourth-order valence-corrected chi connectivity index (χ4v) is 2.84. The lowest BCUT2D eigenvalue weighted by Gasteiger charge is -1.94. The van der Waals surface area contributed by atoms with Gasteiger partial charge in [-0.25, -0.2) is 9.37 Å². The van der Waals surface area contributed by atoms with Crippen molar-refractivity contribution in [1.82, 2.24) is 15.2 Å². The van der Waals surface area contributed by atoms with E-state index in [1.807, 2.05) is 30.3 Å². The van der Waals surface area contributed by atoms with Crippen LogP contribution in [0.25, 0.3) is 22.9 Å². The number of nitrogens with zero attached hydrogens (tertiary/aromatic N) is 3. The van der Waals surface area contributed by atoms with Gasteiger partial charge in [0.15, 0.2) is 0 Å². The summed E-state index contributed by atoms with van der Waals surface area (Å²) >= 11 is 1.36. The first-order chi connectivity index (χ1) is 12.3. The first-order valence-electron chi connectivity index (χ1n) is 7.50. The zero-order chi connectivity index (χ0) is 17.1. The second kappa shape index (κ2) is 6.90. The molecule has 0 aliphatic heterocycles. The van der Waals surface area contributed by atoms with Crippen molar-refractivity contribution in [3.8, 4) is 22.9 Å². The molecule has 0 amide bonds. The van der Waals surface area contributed by atoms with Crippen LogP contribution >= 0.6 is 11.8 Å². The first kappa shape index (κ1) is 15.6. The van der Waals surface area contributed by atoms with E-state index in [1.54, 1.807) is 18.4 Å². The molecule has 2 aromatic carbocycles. The zero-order valence-corrected chi connectivity index (χ0v) is 13.7. The molecule has 0 spiro atoms. The van der Waals surface area contributed by atoms with Crippen LogP contribution in [0.4, 0.5) is 4.39 Å². The summed E-state index contributed by atoms with van der Waals surface area (Å²) in [6.45, 7) is 0. The summed E-state index contributed by atoms with van der Waals surface area (Å²) in [5.74, 6) is 1.17. The Morgan fingerprint density at radius 3 is 2.44 bits per heavy atom. The summed E-state index contributed by atoms with van der Waals surface area (Å²) in [7, 11) is 0. The number of hydrogen-bond donors (Lipinski definition) is 0. The molecule has 0 bridgehead atoms. The molecule has 25 heavy (non-hydrogen) atoms. The Labute approximate surface area is 146 Å². The smallest absolute Gasteiger partial charge is 0.277 e. The maximum atomic E-state index is 13.0. The molecule has 5 nitrogen and oxygen atoms in total. The van der Waals surface area contributed by atoms with E-state index in [2.05, 4.69) is 15.2 Å². The summed E-state index contributed by atoms with van der Waals surface area (Å²) in [6, 6.07) is 15.6. The molecular formula is C18H12FN3O2S. The van der Waals surface area contributed by atoms with Gasteiger partial charge in [0.1, 0.15) is 12.1 Å². The summed E-state index contributed by atoms with van der Waals surface area (Å²) < 4.78 is 24.0. The second-order valence-electron chi connectivity index (χ2n) is 5.18. The standard InChI is InChI=1S/C18H12FN3O2S/c19-14-8-6-13(7-9-14)17-21-22-18(24-17)25-11-15-10-23-16(20-15)12-4-2-1-3-5-12/h1-10H,11H2. The Morgan fingerprint density at radius 2 is 1.64 bits per heavy atom. The van der Waals surface area contributed by atoms with Gasteiger partial charge in [-0.15, -0.1) is 10.2 Å². The van der Waals surface area contributed by atoms with E-state index in [0.717, 1.165) is 11.3 Å². The highest BCUT2D eigenvalue weighted by molar-refractivity contribution is 7.98. The van der Waals surface area contributed by atoms with Gasteiger partial charge >= 0.3 is 0 Å². The van der Waals surface area contributed by atoms with Crippen molar-refractivity contribution in [1.29, 1.82) is 0 Å². The molecule has 2 aromatic heterocycles. The lowest BCUT2D eigenvalue weighted by Crippen LogP contribution is -1.82. The zero-order valence-electron chi connectivity index (χ0n) is 12.9. The van der Waals surface area contributed by atoms with Gasteiger partial charge in [-0.3, -0.25) is 0 Å². The SMILES string of the molecule is Fc1ccc(-c2nnc(SCc3coc(-c4ccccc4)n3)o2)cc1. The molecule has 0 aliphatic carbocycles. The van der Waals surface area contributed by atoms with Gasteiger partial charge in [0.25, 0.3) is 5.22 Å². The summed E-state index contributed by atoms with van der Waals surface area (Å²) in [4.78, 5) is 4.45. The van der Waals surface area contributed by atoms with Gasteiger partial charge in [0.05, 0.1) is 5.69 Å². The molecule has 124 valence electrons. The van der Waals surface area contributed by atoms with Crippen LogP contribution in [-0.2, 0) is 5.75 Å². The van der Waals surface area contributed by atoms with Crippen LogP contribution in [0.5, 0.6) is 0 Å². The number of benzene rings is 2. The lowest BCUT2D eigenvalue weighted by atomic mass is 10.2. The number of thioether (sulfide) groups is 1. The van der Waals surface area contributed by atoms with Crippen molar-refractivity contribution in [3.63, 3.8) is 0 Å². The number of hydrogen-bond acceptors (Lipinski definition) is 6. The minimum atomic E-state index is -0.307. The number of rotatable bonds is 5. The molecule has 0 aliphatic rings. The molecule has 0 unspecified atom stereocenters. The van der Waals surface area contributed by atoms with Gasteiger partial charge in [-0.05, 0) is 36.4 Å². The normalized spacial score (nSPS) is 10.9. The lowest BCUT2D eigenvalue weighted by molar-refractivity contribution is 0.465. The van der Waals surface area contributed by atoms with E-state index >= 15 is 0 Å². The predicted molar refractivity (Wildman–Crippen MR) is 91.2 cm³/mol. The van der Waals surface area contributed by atoms with Crippen molar-refractivity contribution >= 4 is 11.8 Å². The van der Waals surface area contributed by atoms with Crippen molar-refractivity contribution in [3.05, 3.63) is 72.4 Å². The monoisotopic (exact) mass is 353 g/mol. The Balaban J connectivity index is 1.42. The summed E-state index contributed by atoms with van der Waals surface area (Å²) in [5, 5.41) is 8.39. The molecule has 0 atom stereocenters. The van der Waals surface area contributed by atoms with Gasteiger partial charge in [-0.1, -0.05) is 30.0 Å². The summed E-state index contributed by atoms with van der Waals surface area (Å²) in [6.07, 6.45) is 1.62. The van der Waals surface area contributed by atoms with Crippen LogP contribution in [0, 0.1) is 5.82 Å². The van der Waals surface area contributed by atoms with Crippen LogP contribution in [0.15, 0.2) is 74.9 Å². The Hall–Kier alpha value is -2.93. The topological polar surface area (TPSA) is 65.0 Å². The molecule has 0 saturated heterocycles. The molecule has 0 radical (unpaired) electrons. The third-order valence-corrected chi connectivity index (χ3v) is 4.27. The fraction of sp³-hybridized carbons (Fsp3) is 0.0556. The number of aromatic nitrogens is 3. The van der Waals surface area contributed by atoms with Crippen molar-refractivity contribution in [2.75, 3.05) is 0 Å². The third kappa shape index (κ3) is 3.61. The molecule has 0 N–H and O–H groups in total. The van der Waals surface area contributed by atoms with Crippen molar-refractivity contribution < 1.29 is 13.2 Å². The minimum absolute atomic E-state index is 0.307. The van der Waals surface area contributed by atoms with Gasteiger partial charge in [0, 0.05) is 16.9 Å². The number of oxazole rings is 1. The largest absolute Gasteiger partial charge is 0.444 e. The third-order valence-electron chi connectivity index (χ3n) is 3.41. The first-order valence-corrected chi connectivity index (χ1v) is 8.48. The average Bonchev–Trinajstić information content (AvgIpc) is 3.31. The fourth-order valence-electron chi connectivity index (χ4n) is 2.20. The van der Waals surface area contributed by atoms with Crippen LogP contribution in [0.1, 0.15) is 5.69 Å². The van der Waals surface area contributed by atoms with Crippen molar-refractivity contribution in [2.24, 2.45) is 0 Å².